The van der Waals surface area contributed by atoms with Gasteiger partial charge in [0.05, 0.1) is 0 Å². The molecule has 0 radical (unpaired) electrons. The lowest BCUT2D eigenvalue weighted by molar-refractivity contribution is -0.235. The van der Waals surface area contributed by atoms with E-state index in [1.807, 2.05) is 0 Å². The van der Waals surface area contributed by atoms with Crippen LogP contribution in [0, 0.1) is 62.6 Å². The Bertz CT molecular complexity index is 766. The van der Waals surface area contributed by atoms with Gasteiger partial charge < -0.3 is 0 Å². The molecule has 0 aliphatic heterocycles. The molecule has 5 saturated carbocycles. The average Bonchev–Trinajstić information content (AvgIpc) is 2.66. The number of fused-ring (bicyclic) bond motifs is 7. The van der Waals surface area contributed by atoms with Gasteiger partial charge in [-0.3, -0.25) is 4.79 Å². The molecule has 5 aliphatic carbocycles. The fraction of sp³-hybridized carbons (Fsp3) is 0.967. The first-order valence-corrected chi connectivity index (χ1v) is 13.8. The van der Waals surface area contributed by atoms with Gasteiger partial charge in [0.15, 0.2) is 0 Å². The first-order chi connectivity index (χ1) is 14.3. The van der Waals surface area contributed by atoms with E-state index in [2.05, 4.69) is 55.4 Å². The molecule has 2 unspecified atom stereocenters. The zero-order valence-corrected chi connectivity index (χ0v) is 21.9. The van der Waals surface area contributed by atoms with E-state index in [4.69, 9.17) is 0 Å². The van der Waals surface area contributed by atoms with Crippen molar-refractivity contribution in [2.45, 2.75) is 120 Å². The van der Waals surface area contributed by atoms with Crippen LogP contribution in [-0.2, 0) is 4.79 Å². The molecule has 5 aliphatic rings. The Morgan fingerprint density at radius 3 is 2.06 bits per heavy atom. The van der Waals surface area contributed by atoms with Gasteiger partial charge in [0.2, 0.25) is 0 Å². The van der Waals surface area contributed by atoms with Crippen LogP contribution in [0.25, 0.3) is 0 Å². The summed E-state index contributed by atoms with van der Waals surface area (Å²) in [5, 5.41) is 0. The van der Waals surface area contributed by atoms with Crippen molar-refractivity contribution >= 4 is 5.78 Å². The summed E-state index contributed by atoms with van der Waals surface area (Å²) < 4.78 is 0. The van der Waals surface area contributed by atoms with Crippen LogP contribution in [0.5, 0.6) is 0 Å². The molecule has 5 fully saturated rings. The molecule has 5 rings (SSSR count). The molecule has 0 spiro atoms. The summed E-state index contributed by atoms with van der Waals surface area (Å²) in [6.45, 7) is 20.6. The highest BCUT2D eigenvalue weighted by Gasteiger charge is 2.68. The number of rotatable bonds is 0. The molecule has 0 aromatic carbocycles. The van der Waals surface area contributed by atoms with Gasteiger partial charge in [-0.2, -0.15) is 0 Å². The number of hydrogen-bond acceptors (Lipinski definition) is 1. The second-order valence-electron chi connectivity index (χ2n) is 15.2. The molecule has 0 aromatic heterocycles. The maximum atomic E-state index is 12.7. The average molecular weight is 427 g/mol. The normalized spacial score (nSPS) is 58.5. The van der Waals surface area contributed by atoms with Crippen molar-refractivity contribution in [2.24, 2.45) is 62.6 Å². The Kier molecular flexibility index (Phi) is 4.80. The molecule has 0 aromatic rings. The monoisotopic (exact) mass is 426 g/mol. The van der Waals surface area contributed by atoms with Crippen molar-refractivity contribution < 1.29 is 4.79 Å². The van der Waals surface area contributed by atoms with Gasteiger partial charge in [-0.15, -0.1) is 0 Å². The van der Waals surface area contributed by atoms with E-state index >= 15 is 0 Å². The third-order valence-electron chi connectivity index (χ3n) is 13.2. The van der Waals surface area contributed by atoms with Gasteiger partial charge in [0.1, 0.15) is 5.78 Å². The van der Waals surface area contributed by atoms with E-state index < -0.39 is 0 Å². The van der Waals surface area contributed by atoms with Crippen LogP contribution >= 0.6 is 0 Å². The molecule has 0 N–H and O–H groups in total. The maximum absolute atomic E-state index is 12.7. The second kappa shape index (κ2) is 6.63. The predicted octanol–water partition coefficient (Wildman–Crippen LogP) is 8.31. The Labute approximate surface area is 192 Å². The van der Waals surface area contributed by atoms with Crippen LogP contribution in [0.15, 0.2) is 0 Å². The van der Waals surface area contributed by atoms with Gasteiger partial charge in [0.25, 0.3) is 0 Å². The van der Waals surface area contributed by atoms with Gasteiger partial charge in [-0.25, -0.2) is 0 Å². The van der Waals surface area contributed by atoms with Crippen molar-refractivity contribution in [3.8, 4) is 0 Å². The highest BCUT2D eigenvalue weighted by molar-refractivity contribution is 5.82. The lowest BCUT2D eigenvalue weighted by Crippen LogP contribution is -2.66. The summed E-state index contributed by atoms with van der Waals surface area (Å²) in [6, 6.07) is 0. The molecule has 0 amide bonds. The fourth-order valence-corrected chi connectivity index (χ4v) is 11.5. The van der Waals surface area contributed by atoms with Crippen molar-refractivity contribution in [1.29, 1.82) is 0 Å². The molecule has 31 heavy (non-hydrogen) atoms. The summed E-state index contributed by atoms with van der Waals surface area (Å²) >= 11 is 0. The number of hydrogen-bond donors (Lipinski definition) is 0. The molecule has 0 bridgehead atoms. The Balaban J connectivity index is 1.54. The van der Waals surface area contributed by atoms with Crippen molar-refractivity contribution in [1.82, 2.24) is 0 Å². The standard InChI is InChI=1S/C30H50O/c1-19-17-30(8)23-10-9-22(31)20(2)28(23,6)12-11-24(30)29(7)16-15-27(5)14-13-26(3,4)18-21(27)25(19)29/h19-21,23-25H,9-18H2,1-8H3/t19?,20-,21-,23+,24+,25?,27+,28+,29+,30-/m0/s1. The summed E-state index contributed by atoms with van der Waals surface area (Å²) in [6.07, 6.45) is 13.3. The molecule has 1 nitrogen and oxygen atoms in total. The van der Waals surface area contributed by atoms with E-state index in [1.165, 1.54) is 51.4 Å². The van der Waals surface area contributed by atoms with Gasteiger partial charge in [0, 0.05) is 12.3 Å². The first kappa shape index (κ1) is 22.5. The fourth-order valence-electron chi connectivity index (χ4n) is 11.5. The van der Waals surface area contributed by atoms with E-state index in [0.717, 1.165) is 42.4 Å². The molecule has 0 heterocycles. The van der Waals surface area contributed by atoms with Crippen LogP contribution in [0.4, 0.5) is 0 Å². The maximum Gasteiger partial charge on any atom is 0.136 e. The van der Waals surface area contributed by atoms with Gasteiger partial charge >= 0.3 is 0 Å². The third-order valence-corrected chi connectivity index (χ3v) is 13.2. The number of ketones is 1. The predicted molar refractivity (Wildman–Crippen MR) is 130 cm³/mol. The molecule has 1 heteroatoms. The van der Waals surface area contributed by atoms with Crippen molar-refractivity contribution in [2.75, 3.05) is 0 Å². The van der Waals surface area contributed by atoms with Crippen molar-refractivity contribution in [3.05, 3.63) is 0 Å². The Hall–Kier alpha value is -0.330. The summed E-state index contributed by atoms with van der Waals surface area (Å²) in [4.78, 5) is 12.7. The van der Waals surface area contributed by atoms with E-state index in [0.29, 0.717) is 27.4 Å². The molecular formula is C30H50O. The van der Waals surface area contributed by atoms with Crippen LogP contribution < -0.4 is 0 Å². The van der Waals surface area contributed by atoms with Crippen LogP contribution in [0.3, 0.4) is 0 Å². The topological polar surface area (TPSA) is 17.1 Å². The molecule has 176 valence electrons. The zero-order valence-electron chi connectivity index (χ0n) is 21.9. The van der Waals surface area contributed by atoms with E-state index in [-0.39, 0.29) is 11.3 Å². The quantitative estimate of drug-likeness (QED) is 0.380. The van der Waals surface area contributed by atoms with Crippen molar-refractivity contribution in [3.63, 3.8) is 0 Å². The minimum Gasteiger partial charge on any atom is -0.299 e. The lowest BCUT2D eigenvalue weighted by Gasteiger charge is -2.72. The Morgan fingerprint density at radius 1 is 0.710 bits per heavy atom. The SMILES string of the molecule is CC1C[C@@]2(C)[C@@H]3CCC(=O)[C@H](C)[C@@]3(C)CC[C@@H]2[C@@]2(C)CC[C@@]3(C)CCC(C)(C)C[C@H]3C12. The first-order valence-electron chi connectivity index (χ1n) is 13.8. The summed E-state index contributed by atoms with van der Waals surface area (Å²) in [5.41, 5.74) is 2.25. The minimum atomic E-state index is 0.236. The smallest absolute Gasteiger partial charge is 0.136 e. The molecule has 10 atom stereocenters. The minimum absolute atomic E-state index is 0.236. The Morgan fingerprint density at radius 2 is 1.35 bits per heavy atom. The molecule has 0 saturated heterocycles. The third kappa shape index (κ3) is 2.89. The number of carbonyl (C=O) groups excluding carboxylic acids is 1. The van der Waals surface area contributed by atoms with Crippen LogP contribution in [0.2, 0.25) is 0 Å². The number of Topliss-reactive ketones (excluding diaryl/α,β-unsaturated/α-hetero) is 1. The summed E-state index contributed by atoms with van der Waals surface area (Å²) in [5.74, 6) is 5.04. The largest absolute Gasteiger partial charge is 0.299 e. The zero-order chi connectivity index (χ0) is 22.6. The van der Waals surface area contributed by atoms with E-state index in [9.17, 15) is 4.79 Å². The highest BCUT2D eigenvalue weighted by Crippen LogP contribution is 2.75. The van der Waals surface area contributed by atoms with E-state index in [1.54, 1.807) is 0 Å². The number of carbonyl (C=O) groups is 1. The van der Waals surface area contributed by atoms with Gasteiger partial charge in [-0.1, -0.05) is 55.4 Å². The van der Waals surface area contributed by atoms with Gasteiger partial charge in [-0.05, 0) is 114 Å². The summed E-state index contributed by atoms with van der Waals surface area (Å²) in [7, 11) is 0. The second-order valence-corrected chi connectivity index (χ2v) is 15.2. The van der Waals surface area contributed by atoms with Crippen LogP contribution in [0.1, 0.15) is 120 Å². The lowest BCUT2D eigenvalue weighted by atomic mass is 9.32. The van der Waals surface area contributed by atoms with Crippen LogP contribution in [-0.4, -0.2) is 5.78 Å². The highest BCUT2D eigenvalue weighted by atomic mass is 16.1. The molecular weight excluding hydrogens is 376 g/mol.